The van der Waals surface area contributed by atoms with Crippen LogP contribution in [0.15, 0.2) is 89.6 Å². The van der Waals surface area contributed by atoms with Crippen molar-refractivity contribution in [3.05, 3.63) is 95.8 Å². The van der Waals surface area contributed by atoms with Crippen molar-refractivity contribution < 1.29 is 17.9 Å². The molecule has 0 saturated heterocycles. The van der Waals surface area contributed by atoms with Gasteiger partial charge >= 0.3 is 0 Å². The number of ether oxygens (including phenoxy) is 1. The van der Waals surface area contributed by atoms with E-state index in [0.29, 0.717) is 34.3 Å². The zero-order valence-corrected chi connectivity index (χ0v) is 19.7. The summed E-state index contributed by atoms with van der Waals surface area (Å²) < 4.78 is 33.3. The molecule has 1 heterocycles. The fourth-order valence-electron chi connectivity index (χ4n) is 3.92. The fraction of sp³-hybridized carbons (Fsp3) is 0.115. The van der Waals surface area contributed by atoms with Gasteiger partial charge in [-0.15, -0.1) is 0 Å². The number of aryl methyl sites for hydroxylation is 1. The monoisotopic (exact) mass is 486 g/mol. The first-order valence-corrected chi connectivity index (χ1v) is 12.4. The van der Waals surface area contributed by atoms with E-state index < -0.39 is 10.0 Å². The van der Waals surface area contributed by atoms with Crippen LogP contribution in [0.4, 0.5) is 11.5 Å². The number of allylic oxidation sites excluding steroid dienone is 1. The normalized spacial score (nSPS) is 14.5. The molecule has 0 aliphatic heterocycles. The quantitative estimate of drug-likeness (QED) is 0.384. The van der Waals surface area contributed by atoms with Crippen LogP contribution >= 0.6 is 0 Å². The first-order chi connectivity index (χ1) is 16.9. The Morgan fingerprint density at radius 3 is 2.51 bits per heavy atom. The van der Waals surface area contributed by atoms with E-state index in [2.05, 4.69) is 20.0 Å². The number of carbonyl (C=O) groups is 1. The second-order valence-corrected chi connectivity index (χ2v) is 9.72. The van der Waals surface area contributed by atoms with E-state index in [9.17, 15) is 13.2 Å². The number of Topliss-reactive ketones (excluding diaryl/α,β-unsaturated/α-hetero) is 1. The highest BCUT2D eigenvalue weighted by molar-refractivity contribution is 7.92. The molecule has 5 rings (SSSR count). The minimum atomic E-state index is -3.84. The largest absolute Gasteiger partial charge is 0.497 e. The Hall–Kier alpha value is -4.24. The summed E-state index contributed by atoms with van der Waals surface area (Å²) in [5.74, 6) is 0.852. The molecule has 0 amide bonds. The van der Waals surface area contributed by atoms with Gasteiger partial charge in [0.1, 0.15) is 5.75 Å². The summed E-state index contributed by atoms with van der Waals surface area (Å²) in [6, 6.07) is 18.9. The predicted octanol–water partition coefficient (Wildman–Crippen LogP) is 4.56. The third kappa shape index (κ3) is 4.71. The molecule has 0 atom stereocenters. The lowest BCUT2D eigenvalue weighted by molar-refractivity contribution is 0.102. The summed E-state index contributed by atoms with van der Waals surface area (Å²) in [5.41, 5.74) is 4.25. The van der Waals surface area contributed by atoms with Gasteiger partial charge in [0.25, 0.3) is 10.0 Å². The molecule has 4 aromatic rings. The van der Waals surface area contributed by atoms with E-state index in [4.69, 9.17) is 4.74 Å². The molecule has 0 saturated carbocycles. The predicted molar refractivity (Wildman–Crippen MR) is 134 cm³/mol. The number of para-hydroxylation sites is 2. The number of rotatable bonds is 6. The van der Waals surface area contributed by atoms with E-state index in [1.54, 1.807) is 49.7 Å². The standard InChI is InChI=1S/C26H22N4O4S/c1-34-20-10-13-22-17(14-20)6-7-18(26(22)31)15-27-19-8-11-21(12-9-19)35(32,33)30-25-16-28-23-4-2-3-5-24(23)29-25/h2-5,8-16,27H,6-7H2,1H3,(H,29,30)/b18-15-. The number of fused-ring (bicyclic) bond motifs is 2. The molecule has 0 fully saturated rings. The molecule has 0 bridgehead atoms. The van der Waals surface area contributed by atoms with Gasteiger partial charge in [0.05, 0.1) is 29.2 Å². The topological polar surface area (TPSA) is 110 Å². The third-order valence-electron chi connectivity index (χ3n) is 5.78. The minimum absolute atomic E-state index is 0.0266. The molecule has 8 nitrogen and oxygen atoms in total. The van der Waals surface area contributed by atoms with Crippen molar-refractivity contribution in [3.63, 3.8) is 0 Å². The van der Waals surface area contributed by atoms with E-state index in [0.717, 1.165) is 17.7 Å². The van der Waals surface area contributed by atoms with E-state index in [1.807, 2.05) is 18.2 Å². The lowest BCUT2D eigenvalue weighted by atomic mass is 9.87. The summed E-state index contributed by atoms with van der Waals surface area (Å²) in [5, 5.41) is 3.10. The molecule has 0 spiro atoms. The molecular weight excluding hydrogens is 464 g/mol. The molecule has 0 unspecified atom stereocenters. The van der Waals surface area contributed by atoms with Crippen LogP contribution in [0.1, 0.15) is 22.3 Å². The maximum absolute atomic E-state index is 12.8. The average molecular weight is 487 g/mol. The van der Waals surface area contributed by atoms with Crippen LogP contribution in [0, 0.1) is 0 Å². The number of hydrogen-bond acceptors (Lipinski definition) is 7. The zero-order valence-electron chi connectivity index (χ0n) is 18.9. The van der Waals surface area contributed by atoms with E-state index in [-0.39, 0.29) is 16.5 Å². The minimum Gasteiger partial charge on any atom is -0.497 e. The number of nitrogens with one attached hydrogen (secondary N) is 2. The van der Waals surface area contributed by atoms with Crippen molar-refractivity contribution in [1.29, 1.82) is 0 Å². The number of benzene rings is 3. The van der Waals surface area contributed by atoms with E-state index >= 15 is 0 Å². The number of carbonyl (C=O) groups excluding carboxylic acids is 1. The molecule has 176 valence electrons. The number of nitrogens with zero attached hydrogens (tertiary/aromatic N) is 2. The van der Waals surface area contributed by atoms with Crippen molar-refractivity contribution in [1.82, 2.24) is 9.97 Å². The Labute approximate surface area is 202 Å². The molecule has 1 aromatic heterocycles. The smallest absolute Gasteiger partial charge is 0.263 e. The Kier molecular flexibility index (Phi) is 5.92. The van der Waals surface area contributed by atoms with Gasteiger partial charge in [-0.3, -0.25) is 14.5 Å². The molecule has 35 heavy (non-hydrogen) atoms. The van der Waals surface area contributed by atoms with Crippen LogP contribution in [-0.4, -0.2) is 31.3 Å². The summed E-state index contributed by atoms with van der Waals surface area (Å²) in [6.45, 7) is 0. The van der Waals surface area contributed by atoms with Gasteiger partial charge < -0.3 is 10.1 Å². The number of aromatic nitrogens is 2. The molecule has 2 N–H and O–H groups in total. The van der Waals surface area contributed by atoms with Crippen molar-refractivity contribution in [2.75, 3.05) is 17.1 Å². The summed E-state index contributed by atoms with van der Waals surface area (Å²) in [6.07, 6.45) is 4.42. The lowest BCUT2D eigenvalue weighted by Gasteiger charge is -2.18. The van der Waals surface area contributed by atoms with Crippen molar-refractivity contribution in [2.45, 2.75) is 17.7 Å². The van der Waals surface area contributed by atoms with Gasteiger partial charge in [0.15, 0.2) is 11.6 Å². The lowest BCUT2D eigenvalue weighted by Crippen LogP contribution is -2.15. The number of hydrogen-bond donors (Lipinski definition) is 2. The molecular formula is C26H22N4O4S. The Morgan fingerprint density at radius 2 is 1.74 bits per heavy atom. The second-order valence-electron chi connectivity index (χ2n) is 8.04. The van der Waals surface area contributed by atoms with Crippen LogP contribution < -0.4 is 14.8 Å². The van der Waals surface area contributed by atoms with Crippen LogP contribution in [-0.2, 0) is 16.4 Å². The Bertz CT molecular complexity index is 1560. The van der Waals surface area contributed by atoms with Crippen LogP contribution in [0.5, 0.6) is 5.75 Å². The van der Waals surface area contributed by atoms with Gasteiger partial charge in [0.2, 0.25) is 0 Å². The average Bonchev–Trinajstić information content (AvgIpc) is 2.88. The second kappa shape index (κ2) is 9.19. The maximum Gasteiger partial charge on any atom is 0.263 e. The van der Waals surface area contributed by atoms with Gasteiger partial charge in [-0.25, -0.2) is 13.4 Å². The summed E-state index contributed by atoms with van der Waals surface area (Å²) in [7, 11) is -2.24. The number of anilines is 2. The maximum atomic E-state index is 12.8. The van der Waals surface area contributed by atoms with E-state index in [1.165, 1.54) is 18.3 Å². The first-order valence-electron chi connectivity index (χ1n) is 10.9. The zero-order chi connectivity index (χ0) is 24.4. The highest BCUT2D eigenvalue weighted by Gasteiger charge is 2.22. The van der Waals surface area contributed by atoms with Crippen molar-refractivity contribution >= 4 is 38.3 Å². The number of sulfonamides is 1. The summed E-state index contributed by atoms with van der Waals surface area (Å²) >= 11 is 0. The third-order valence-corrected chi connectivity index (χ3v) is 7.15. The van der Waals surface area contributed by atoms with Crippen molar-refractivity contribution in [2.24, 2.45) is 0 Å². The summed E-state index contributed by atoms with van der Waals surface area (Å²) in [4.78, 5) is 21.5. The van der Waals surface area contributed by atoms with Crippen LogP contribution in [0.2, 0.25) is 0 Å². The SMILES string of the molecule is COc1ccc2c(c1)CC/C(=C/Nc1ccc(S(=O)(=O)Nc3cnc4ccccc4n3)cc1)C2=O. The molecule has 1 aliphatic rings. The highest BCUT2D eigenvalue weighted by atomic mass is 32.2. The Morgan fingerprint density at radius 1 is 0.971 bits per heavy atom. The van der Waals surface area contributed by atoms with Crippen LogP contribution in [0.3, 0.4) is 0 Å². The number of ketones is 1. The van der Waals surface area contributed by atoms with Gasteiger partial charge in [-0.05, 0) is 73.0 Å². The molecule has 1 aliphatic carbocycles. The van der Waals surface area contributed by atoms with Crippen LogP contribution in [0.25, 0.3) is 11.0 Å². The molecule has 9 heteroatoms. The molecule has 0 radical (unpaired) electrons. The first kappa shape index (κ1) is 22.5. The van der Waals surface area contributed by atoms with Gasteiger partial charge in [-0.1, -0.05) is 12.1 Å². The Balaban J connectivity index is 1.28. The highest BCUT2D eigenvalue weighted by Crippen LogP contribution is 2.28. The van der Waals surface area contributed by atoms with Gasteiger partial charge in [0, 0.05) is 23.0 Å². The van der Waals surface area contributed by atoms with Crippen molar-refractivity contribution in [3.8, 4) is 5.75 Å². The van der Waals surface area contributed by atoms with Gasteiger partial charge in [-0.2, -0.15) is 0 Å². The molecule has 3 aromatic carbocycles. The fourth-order valence-corrected chi connectivity index (χ4v) is 4.91. The number of methoxy groups -OCH3 is 1.